The third-order valence-electron chi connectivity index (χ3n) is 1.35. The molecule has 1 aromatic carbocycles. The highest BCUT2D eigenvalue weighted by Crippen LogP contribution is 2.10. The van der Waals surface area contributed by atoms with Crippen LogP contribution in [0.2, 0.25) is 0 Å². The minimum Gasteiger partial charge on any atom is -0.755 e. The Morgan fingerprint density at radius 1 is 1.42 bits per heavy atom. The summed E-state index contributed by atoms with van der Waals surface area (Å²) in [6, 6.07) is 6.91. The molecule has 12 heavy (non-hydrogen) atoms. The van der Waals surface area contributed by atoms with Crippen LogP contribution < -0.4 is 4.72 Å². The van der Waals surface area contributed by atoms with Crippen molar-refractivity contribution in [2.45, 2.75) is 0 Å². The van der Waals surface area contributed by atoms with Crippen LogP contribution in [0.15, 0.2) is 30.8 Å². The Morgan fingerprint density at radius 2 is 2.00 bits per heavy atom. The molecule has 1 unspecified atom stereocenters. The lowest BCUT2D eigenvalue weighted by Gasteiger charge is -2.07. The molecule has 4 heteroatoms. The summed E-state index contributed by atoms with van der Waals surface area (Å²) in [7, 11) is 0. The van der Waals surface area contributed by atoms with Gasteiger partial charge in [0.2, 0.25) is 0 Å². The summed E-state index contributed by atoms with van der Waals surface area (Å²) in [6.07, 6.45) is 1.69. The maximum Gasteiger partial charge on any atom is 0.0452 e. The first-order valence-corrected chi connectivity index (χ1v) is 4.38. The van der Waals surface area contributed by atoms with Crippen molar-refractivity contribution >= 4 is 23.0 Å². The van der Waals surface area contributed by atoms with E-state index in [1.807, 2.05) is 0 Å². The minimum atomic E-state index is -2.25. The van der Waals surface area contributed by atoms with Gasteiger partial charge in [0, 0.05) is 17.0 Å². The summed E-state index contributed by atoms with van der Waals surface area (Å²) in [4.78, 5) is 0. The zero-order valence-electron chi connectivity index (χ0n) is 6.32. The highest BCUT2D eigenvalue weighted by atomic mass is 32.2. The largest absolute Gasteiger partial charge is 0.755 e. The van der Waals surface area contributed by atoms with Gasteiger partial charge in [-0.15, -0.1) is 0 Å². The van der Waals surface area contributed by atoms with E-state index < -0.39 is 11.3 Å². The van der Waals surface area contributed by atoms with Crippen molar-refractivity contribution in [1.82, 2.24) is 0 Å². The summed E-state index contributed by atoms with van der Waals surface area (Å²) in [5.74, 6) is 0. The normalized spacial score (nSPS) is 12.1. The molecule has 0 aromatic heterocycles. The van der Waals surface area contributed by atoms with Crippen LogP contribution in [0.5, 0.6) is 0 Å². The van der Waals surface area contributed by atoms with Crippen molar-refractivity contribution < 1.29 is 8.76 Å². The zero-order chi connectivity index (χ0) is 8.97. The van der Waals surface area contributed by atoms with E-state index in [9.17, 15) is 8.76 Å². The molecule has 0 radical (unpaired) electrons. The molecular formula is C8H8NO2S-. The first-order valence-electron chi connectivity index (χ1n) is 3.31. The molecule has 0 fully saturated rings. The fourth-order valence-corrected chi connectivity index (χ4v) is 1.11. The molecule has 64 valence electrons. The van der Waals surface area contributed by atoms with E-state index in [2.05, 4.69) is 11.3 Å². The van der Waals surface area contributed by atoms with Gasteiger partial charge in [0.15, 0.2) is 0 Å². The minimum absolute atomic E-state index is 0.550. The monoisotopic (exact) mass is 182 g/mol. The van der Waals surface area contributed by atoms with Gasteiger partial charge in [0.25, 0.3) is 0 Å². The maximum absolute atomic E-state index is 10.2. The van der Waals surface area contributed by atoms with E-state index >= 15 is 0 Å². The summed E-state index contributed by atoms with van der Waals surface area (Å²) >= 11 is -2.25. The fourth-order valence-electron chi connectivity index (χ4n) is 0.783. The predicted octanol–water partition coefficient (Wildman–Crippen LogP) is 1.54. The Bertz CT molecular complexity index is 294. The van der Waals surface area contributed by atoms with Crippen LogP contribution >= 0.6 is 0 Å². The highest BCUT2D eigenvalue weighted by Gasteiger charge is 1.89. The van der Waals surface area contributed by atoms with E-state index in [0.29, 0.717) is 5.69 Å². The molecule has 0 aliphatic rings. The molecular weight excluding hydrogens is 174 g/mol. The Morgan fingerprint density at radius 3 is 2.42 bits per heavy atom. The molecule has 0 amide bonds. The van der Waals surface area contributed by atoms with Crippen LogP contribution in [-0.4, -0.2) is 8.76 Å². The standard InChI is InChI=1S/C8H9NO2S/c1-2-7-3-5-8(6-4-7)9-12(10)11/h2-6,9H,1H2,(H,10,11)/p-1. The van der Waals surface area contributed by atoms with Crippen molar-refractivity contribution in [2.24, 2.45) is 0 Å². The lowest BCUT2D eigenvalue weighted by Crippen LogP contribution is -2.01. The number of rotatable bonds is 3. The zero-order valence-corrected chi connectivity index (χ0v) is 7.14. The van der Waals surface area contributed by atoms with Gasteiger partial charge in [-0.25, -0.2) is 0 Å². The molecule has 0 bridgehead atoms. The van der Waals surface area contributed by atoms with Crippen LogP contribution in [0.25, 0.3) is 6.08 Å². The van der Waals surface area contributed by atoms with E-state index in [4.69, 9.17) is 0 Å². The van der Waals surface area contributed by atoms with Crippen LogP contribution in [0.4, 0.5) is 5.69 Å². The Balaban J connectivity index is 2.77. The van der Waals surface area contributed by atoms with E-state index in [1.54, 1.807) is 30.3 Å². The second kappa shape index (κ2) is 4.04. The predicted molar refractivity (Wildman–Crippen MR) is 49.1 cm³/mol. The van der Waals surface area contributed by atoms with Crippen molar-refractivity contribution in [3.8, 4) is 0 Å². The van der Waals surface area contributed by atoms with Gasteiger partial charge in [0.05, 0.1) is 0 Å². The van der Waals surface area contributed by atoms with Gasteiger partial charge in [-0.3, -0.25) is 4.21 Å². The molecule has 0 aliphatic heterocycles. The quantitative estimate of drug-likeness (QED) is 0.721. The Hall–Kier alpha value is -1.13. The van der Waals surface area contributed by atoms with Gasteiger partial charge in [-0.05, 0) is 17.7 Å². The topological polar surface area (TPSA) is 52.2 Å². The second-order valence-electron chi connectivity index (χ2n) is 2.16. The van der Waals surface area contributed by atoms with Gasteiger partial charge in [-0.2, -0.15) is 0 Å². The molecule has 0 heterocycles. The first kappa shape index (κ1) is 8.96. The van der Waals surface area contributed by atoms with Crippen LogP contribution in [0.3, 0.4) is 0 Å². The third-order valence-corrected chi connectivity index (χ3v) is 1.75. The number of benzene rings is 1. The van der Waals surface area contributed by atoms with Gasteiger partial charge < -0.3 is 9.27 Å². The molecule has 1 rings (SSSR count). The number of hydrogen-bond donors (Lipinski definition) is 1. The van der Waals surface area contributed by atoms with Crippen LogP contribution in [-0.2, 0) is 11.3 Å². The van der Waals surface area contributed by atoms with Gasteiger partial charge >= 0.3 is 0 Å². The lowest BCUT2D eigenvalue weighted by atomic mass is 10.2. The van der Waals surface area contributed by atoms with Crippen molar-refractivity contribution in [1.29, 1.82) is 0 Å². The van der Waals surface area contributed by atoms with Crippen molar-refractivity contribution in [2.75, 3.05) is 4.72 Å². The van der Waals surface area contributed by atoms with Gasteiger partial charge in [-0.1, -0.05) is 24.8 Å². The average molecular weight is 182 g/mol. The Labute approximate surface area is 73.5 Å². The van der Waals surface area contributed by atoms with Crippen molar-refractivity contribution in [3.05, 3.63) is 36.4 Å². The summed E-state index contributed by atoms with van der Waals surface area (Å²) < 4.78 is 22.6. The number of nitrogens with one attached hydrogen (secondary N) is 1. The summed E-state index contributed by atoms with van der Waals surface area (Å²) in [5.41, 5.74) is 1.51. The Kier molecular flexibility index (Phi) is 3.01. The molecule has 1 atom stereocenters. The molecule has 0 saturated carbocycles. The van der Waals surface area contributed by atoms with E-state index in [-0.39, 0.29) is 0 Å². The first-order chi connectivity index (χ1) is 5.72. The number of hydrogen-bond acceptors (Lipinski definition) is 2. The number of anilines is 1. The lowest BCUT2D eigenvalue weighted by molar-refractivity contribution is 0.542. The van der Waals surface area contributed by atoms with Crippen molar-refractivity contribution in [3.63, 3.8) is 0 Å². The SMILES string of the molecule is C=Cc1ccc(NS(=O)[O-])cc1. The summed E-state index contributed by atoms with van der Waals surface area (Å²) in [6.45, 7) is 3.58. The highest BCUT2D eigenvalue weighted by molar-refractivity contribution is 7.80. The van der Waals surface area contributed by atoms with Gasteiger partial charge in [0.1, 0.15) is 0 Å². The smallest absolute Gasteiger partial charge is 0.0452 e. The van der Waals surface area contributed by atoms with E-state index in [1.165, 1.54) is 0 Å². The maximum atomic E-state index is 10.2. The summed E-state index contributed by atoms with van der Waals surface area (Å²) in [5, 5.41) is 0. The fraction of sp³-hybridized carbons (Fsp3) is 0. The van der Waals surface area contributed by atoms with Crippen LogP contribution in [0, 0.1) is 0 Å². The van der Waals surface area contributed by atoms with Crippen LogP contribution in [0.1, 0.15) is 5.56 Å². The van der Waals surface area contributed by atoms with E-state index in [0.717, 1.165) is 5.56 Å². The molecule has 0 saturated heterocycles. The molecule has 3 nitrogen and oxygen atoms in total. The molecule has 1 N–H and O–H groups in total. The second-order valence-corrected chi connectivity index (χ2v) is 2.84. The average Bonchev–Trinajstić information content (AvgIpc) is 2.05. The molecule has 0 aliphatic carbocycles. The third kappa shape index (κ3) is 2.48. The molecule has 1 aromatic rings. The molecule has 0 spiro atoms.